The Kier molecular flexibility index (Phi) is 7.70. The maximum Gasteiger partial charge on any atom is 0.278 e. The monoisotopic (exact) mass is 551 g/mol. The maximum atomic E-state index is 13.3. The van der Waals surface area contributed by atoms with Crippen molar-refractivity contribution in [2.75, 3.05) is 43.1 Å². The van der Waals surface area contributed by atoms with Crippen LogP contribution < -0.4 is 27.1 Å². The Morgan fingerprint density at radius 3 is 2.51 bits per heavy atom. The lowest BCUT2D eigenvalue weighted by atomic mass is 10.1. The molecule has 3 aromatic heterocycles. The summed E-state index contributed by atoms with van der Waals surface area (Å²) >= 11 is 0. The molecule has 0 spiro atoms. The van der Waals surface area contributed by atoms with Crippen molar-refractivity contribution in [2.24, 2.45) is 4.99 Å². The molecule has 0 aliphatic carbocycles. The Bertz CT molecular complexity index is 1720. The highest BCUT2D eigenvalue weighted by Gasteiger charge is 2.28. The molecule has 1 aromatic carbocycles. The van der Waals surface area contributed by atoms with E-state index >= 15 is 0 Å². The second kappa shape index (κ2) is 11.5. The van der Waals surface area contributed by atoms with E-state index in [0.29, 0.717) is 23.5 Å². The van der Waals surface area contributed by atoms with Crippen LogP contribution in [0.5, 0.6) is 0 Å². The number of aromatic nitrogens is 4. The van der Waals surface area contributed by atoms with Gasteiger partial charge in [0, 0.05) is 49.0 Å². The third kappa shape index (κ3) is 5.61. The number of nitrogen functional groups attached to an aromatic ring is 1. The average molecular weight is 552 g/mol. The fraction of sp³-hybridized carbons (Fsp3) is 0.200. The molecule has 0 bridgehead atoms. The minimum Gasteiger partial charge on any atom is -0.383 e. The average Bonchev–Trinajstić information content (AvgIpc) is 3.16. The molecule has 41 heavy (non-hydrogen) atoms. The number of nitrogens with two attached hydrogens (primary N) is 1. The maximum absolute atomic E-state index is 13.3. The Hall–Kier alpha value is -5.16. The van der Waals surface area contributed by atoms with Crippen molar-refractivity contribution in [3.63, 3.8) is 0 Å². The third-order valence-electron chi connectivity index (χ3n) is 6.98. The number of benzene rings is 1. The van der Waals surface area contributed by atoms with Crippen LogP contribution in [0.25, 0.3) is 11.6 Å². The van der Waals surface area contributed by atoms with Gasteiger partial charge in [-0.3, -0.25) is 14.2 Å². The molecule has 1 fully saturated rings. The van der Waals surface area contributed by atoms with Crippen LogP contribution in [0.3, 0.4) is 0 Å². The predicted octanol–water partition coefficient (Wildman–Crippen LogP) is 2.71. The first-order chi connectivity index (χ1) is 19.8. The van der Waals surface area contributed by atoms with E-state index < -0.39 is 0 Å². The number of pyridine rings is 2. The fourth-order valence-electron chi connectivity index (χ4n) is 4.61. The summed E-state index contributed by atoms with van der Waals surface area (Å²) in [6.07, 6.45) is 4.61. The molecular formula is C30H33N9O2. The molecule has 1 aliphatic rings. The summed E-state index contributed by atoms with van der Waals surface area (Å²) in [6.45, 7) is 9.93. The molecule has 0 amide bonds. The fourth-order valence-corrected chi connectivity index (χ4v) is 4.61. The highest BCUT2D eigenvalue weighted by atomic mass is 16.1. The Balaban J connectivity index is 1.36. The van der Waals surface area contributed by atoms with E-state index in [4.69, 9.17) is 5.73 Å². The van der Waals surface area contributed by atoms with Gasteiger partial charge in [-0.25, -0.2) is 19.3 Å². The second-order valence-electron chi connectivity index (χ2n) is 9.95. The Morgan fingerprint density at radius 1 is 1.10 bits per heavy atom. The summed E-state index contributed by atoms with van der Waals surface area (Å²) in [6, 6.07) is 18.6. The van der Waals surface area contributed by atoms with E-state index in [-0.39, 0.29) is 29.0 Å². The zero-order chi connectivity index (χ0) is 29.1. The zero-order valence-corrected chi connectivity index (χ0v) is 23.1. The minimum absolute atomic E-state index is 0.147. The van der Waals surface area contributed by atoms with Crippen molar-refractivity contribution in [3.8, 4) is 11.6 Å². The van der Waals surface area contributed by atoms with Crippen molar-refractivity contribution in [2.45, 2.75) is 12.6 Å². The summed E-state index contributed by atoms with van der Waals surface area (Å²) < 4.78 is 4.32. The van der Waals surface area contributed by atoms with Crippen LogP contribution >= 0.6 is 0 Å². The Morgan fingerprint density at radius 2 is 1.83 bits per heavy atom. The third-order valence-corrected chi connectivity index (χ3v) is 6.98. The van der Waals surface area contributed by atoms with E-state index in [9.17, 15) is 9.59 Å². The lowest BCUT2D eigenvalue weighted by Crippen LogP contribution is -2.57. The molecule has 0 atom stereocenters. The normalized spacial score (nSPS) is 13.5. The van der Waals surface area contributed by atoms with Crippen molar-refractivity contribution in [3.05, 3.63) is 118 Å². The van der Waals surface area contributed by atoms with E-state index in [2.05, 4.69) is 64.5 Å². The first-order valence-electron chi connectivity index (χ1n) is 13.2. The zero-order valence-electron chi connectivity index (χ0n) is 23.1. The summed E-state index contributed by atoms with van der Waals surface area (Å²) in [7, 11) is 4.20. The number of aliphatic imine (C=N–C) groups is 1. The minimum atomic E-state index is -0.363. The lowest BCUT2D eigenvalue weighted by molar-refractivity contribution is 0.247. The van der Waals surface area contributed by atoms with Gasteiger partial charge in [0.25, 0.3) is 11.1 Å². The molecule has 5 rings (SSSR count). The van der Waals surface area contributed by atoms with Gasteiger partial charge in [-0.2, -0.15) is 0 Å². The summed E-state index contributed by atoms with van der Waals surface area (Å²) in [5.41, 5.74) is 8.05. The standard InChI is InChI=1S/C30H33N9O2/c1-5-16-38-30(41)25(29(31)39(38)27-10-8-9-26(34-27)37-17-7-6-11-28(37)40)18-32-21(2)33-22-12-14-23(15-13-22)36-19-24(20-36)35(3)4/h5-15,17-18,24,33H,1-2,16,19-20,31H2,3-4H3. The molecule has 3 N–H and O–H groups in total. The van der Waals surface area contributed by atoms with Gasteiger partial charge in [-0.1, -0.05) is 24.8 Å². The number of hydrogen-bond acceptors (Lipinski definition) is 8. The number of rotatable bonds is 10. The molecule has 4 aromatic rings. The van der Waals surface area contributed by atoms with Crippen LogP contribution in [0.15, 0.2) is 106 Å². The second-order valence-corrected chi connectivity index (χ2v) is 9.95. The summed E-state index contributed by atoms with van der Waals surface area (Å²) in [5, 5.41) is 3.15. The number of nitrogens with one attached hydrogen (secondary N) is 1. The molecule has 0 radical (unpaired) electrons. The quantitative estimate of drug-likeness (QED) is 0.230. The van der Waals surface area contributed by atoms with Crippen LogP contribution in [0.4, 0.5) is 17.2 Å². The largest absolute Gasteiger partial charge is 0.383 e. The van der Waals surface area contributed by atoms with Gasteiger partial charge in [0.15, 0.2) is 5.82 Å². The van der Waals surface area contributed by atoms with Crippen molar-refractivity contribution < 1.29 is 0 Å². The first kappa shape index (κ1) is 27.4. The number of nitrogens with zero attached hydrogens (tertiary/aromatic N) is 7. The van der Waals surface area contributed by atoms with Crippen LogP contribution in [0.2, 0.25) is 0 Å². The van der Waals surface area contributed by atoms with E-state index in [1.54, 1.807) is 42.6 Å². The van der Waals surface area contributed by atoms with Crippen LogP contribution in [-0.2, 0) is 6.54 Å². The molecule has 11 nitrogen and oxygen atoms in total. The van der Waals surface area contributed by atoms with Gasteiger partial charge in [0.05, 0.1) is 6.54 Å². The van der Waals surface area contributed by atoms with Crippen molar-refractivity contribution >= 4 is 23.4 Å². The highest BCUT2D eigenvalue weighted by Crippen LogP contribution is 2.25. The van der Waals surface area contributed by atoms with E-state index in [1.807, 2.05) is 12.1 Å². The van der Waals surface area contributed by atoms with Gasteiger partial charge >= 0.3 is 0 Å². The predicted molar refractivity (Wildman–Crippen MR) is 165 cm³/mol. The van der Waals surface area contributed by atoms with Crippen LogP contribution in [-0.4, -0.2) is 63.3 Å². The van der Waals surface area contributed by atoms with Gasteiger partial charge < -0.3 is 20.9 Å². The SMILES string of the molecule is C=CCn1c(=O)c(C=NC(=C)Nc2ccc(N3CC(N(C)C)C3)cc2)c(N)n1-c1cccc(-n2ccccc2=O)n1. The van der Waals surface area contributed by atoms with Gasteiger partial charge in [0.2, 0.25) is 0 Å². The molecule has 1 aliphatic heterocycles. The number of allylic oxidation sites excluding steroid dienone is 1. The smallest absolute Gasteiger partial charge is 0.278 e. The van der Waals surface area contributed by atoms with Crippen LogP contribution in [0.1, 0.15) is 5.56 Å². The van der Waals surface area contributed by atoms with Crippen molar-refractivity contribution in [1.82, 2.24) is 23.8 Å². The number of hydrogen-bond donors (Lipinski definition) is 2. The lowest BCUT2D eigenvalue weighted by Gasteiger charge is -2.44. The number of anilines is 3. The molecule has 11 heteroatoms. The molecule has 4 heterocycles. The molecule has 210 valence electrons. The Labute approximate surface area is 237 Å². The molecular weight excluding hydrogens is 518 g/mol. The number of likely N-dealkylation sites (N-methyl/N-ethyl adjacent to an activating group) is 1. The van der Waals surface area contributed by atoms with Gasteiger partial charge in [-0.15, -0.1) is 6.58 Å². The highest BCUT2D eigenvalue weighted by molar-refractivity contribution is 5.86. The molecule has 0 saturated carbocycles. The molecule has 1 saturated heterocycles. The molecule has 0 unspecified atom stereocenters. The van der Waals surface area contributed by atoms with Gasteiger partial charge in [-0.05, 0) is 56.6 Å². The summed E-state index contributed by atoms with van der Waals surface area (Å²) in [5.74, 6) is 1.25. The van der Waals surface area contributed by atoms with Crippen LogP contribution in [0, 0.1) is 0 Å². The van der Waals surface area contributed by atoms with E-state index in [0.717, 1.165) is 24.5 Å². The first-order valence-corrected chi connectivity index (χ1v) is 13.2. The summed E-state index contributed by atoms with van der Waals surface area (Å²) in [4.78, 5) is 39.2. The van der Waals surface area contributed by atoms with E-state index in [1.165, 1.54) is 26.2 Å². The van der Waals surface area contributed by atoms with Crippen molar-refractivity contribution in [1.29, 1.82) is 0 Å². The topological polar surface area (TPSA) is 119 Å². The van der Waals surface area contributed by atoms with Gasteiger partial charge in [0.1, 0.15) is 23.0 Å².